The van der Waals surface area contributed by atoms with E-state index in [1.54, 1.807) is 0 Å². The van der Waals surface area contributed by atoms with Crippen LogP contribution in [-0.4, -0.2) is 36.9 Å². The molecule has 1 aromatic rings. The van der Waals surface area contributed by atoms with Crippen molar-refractivity contribution in [2.75, 3.05) is 19.7 Å². The highest BCUT2D eigenvalue weighted by molar-refractivity contribution is 5.77. The number of nitrogens with two attached hydrogens (primary N) is 1. The van der Waals surface area contributed by atoms with E-state index in [9.17, 15) is 5.11 Å². The van der Waals surface area contributed by atoms with Crippen molar-refractivity contribution in [2.45, 2.75) is 26.1 Å². The van der Waals surface area contributed by atoms with E-state index in [1.807, 2.05) is 37.3 Å². The van der Waals surface area contributed by atoms with Crippen LogP contribution in [-0.2, 0) is 11.3 Å². The van der Waals surface area contributed by atoms with Crippen LogP contribution < -0.4 is 11.1 Å². The van der Waals surface area contributed by atoms with E-state index < -0.39 is 6.10 Å². The van der Waals surface area contributed by atoms with Gasteiger partial charge in [0.1, 0.15) is 0 Å². The number of ether oxygens (including phenoxy) is 1. The largest absolute Gasteiger partial charge is 0.389 e. The minimum Gasteiger partial charge on any atom is -0.389 e. The summed E-state index contributed by atoms with van der Waals surface area (Å²) in [6.45, 7) is 3.82. The molecule has 5 nitrogen and oxygen atoms in total. The number of rotatable bonds is 8. The second-order valence-corrected chi connectivity index (χ2v) is 4.31. The Labute approximate surface area is 114 Å². The predicted molar refractivity (Wildman–Crippen MR) is 76.9 cm³/mol. The van der Waals surface area contributed by atoms with Crippen molar-refractivity contribution < 1.29 is 9.84 Å². The van der Waals surface area contributed by atoms with Gasteiger partial charge in [-0.25, -0.2) is 0 Å². The zero-order chi connectivity index (χ0) is 13.9. The average Bonchev–Trinajstić information content (AvgIpc) is 2.44. The summed E-state index contributed by atoms with van der Waals surface area (Å²) in [6, 6.07) is 9.84. The average molecular weight is 265 g/mol. The molecule has 0 heterocycles. The number of aliphatic imine (C=N–C) groups is 1. The number of hydrogen-bond acceptors (Lipinski definition) is 3. The highest BCUT2D eigenvalue weighted by Crippen LogP contribution is 2.01. The van der Waals surface area contributed by atoms with Gasteiger partial charge in [0.25, 0.3) is 0 Å². The highest BCUT2D eigenvalue weighted by atomic mass is 16.5. The lowest BCUT2D eigenvalue weighted by molar-refractivity contribution is 0.0331. The van der Waals surface area contributed by atoms with Gasteiger partial charge >= 0.3 is 0 Å². The Kier molecular flexibility index (Phi) is 7.62. The van der Waals surface area contributed by atoms with Gasteiger partial charge in [0.05, 0.1) is 25.9 Å². The molecule has 1 aromatic carbocycles. The Hall–Kier alpha value is -1.59. The molecule has 0 aromatic heterocycles. The molecule has 0 saturated heterocycles. The standard InChI is InChI=1S/C14H23N3O2/c1-2-8-16-14(15)17-9-13(18)11-19-10-12-6-4-3-5-7-12/h3-7,13,18H,2,8-11H2,1H3,(H3,15,16,17)/t13-/m1/s1. The van der Waals surface area contributed by atoms with Crippen LogP contribution in [0.5, 0.6) is 0 Å². The van der Waals surface area contributed by atoms with E-state index in [0.717, 1.165) is 18.5 Å². The fourth-order valence-electron chi connectivity index (χ4n) is 1.45. The summed E-state index contributed by atoms with van der Waals surface area (Å²) in [5.41, 5.74) is 6.70. The maximum absolute atomic E-state index is 9.69. The lowest BCUT2D eigenvalue weighted by Gasteiger charge is -2.10. The van der Waals surface area contributed by atoms with Gasteiger partial charge in [0.2, 0.25) is 0 Å². The third-order valence-corrected chi connectivity index (χ3v) is 2.45. The van der Waals surface area contributed by atoms with Gasteiger partial charge < -0.3 is 20.9 Å². The first-order chi connectivity index (χ1) is 9.22. The summed E-state index contributed by atoms with van der Waals surface area (Å²) >= 11 is 0. The molecule has 5 heteroatoms. The molecule has 0 saturated carbocycles. The molecule has 0 unspecified atom stereocenters. The number of aliphatic hydroxyl groups excluding tert-OH is 1. The Morgan fingerprint density at radius 1 is 1.42 bits per heavy atom. The number of guanidine groups is 1. The summed E-state index contributed by atoms with van der Waals surface area (Å²) in [5, 5.41) is 12.6. The smallest absolute Gasteiger partial charge is 0.188 e. The second kappa shape index (κ2) is 9.35. The number of nitrogens with zero attached hydrogens (tertiary/aromatic N) is 1. The van der Waals surface area contributed by atoms with Crippen molar-refractivity contribution >= 4 is 5.96 Å². The zero-order valence-electron chi connectivity index (χ0n) is 11.4. The third-order valence-electron chi connectivity index (χ3n) is 2.45. The number of hydrogen-bond donors (Lipinski definition) is 3. The monoisotopic (exact) mass is 265 g/mol. The number of aliphatic hydroxyl groups is 1. The van der Waals surface area contributed by atoms with Crippen molar-refractivity contribution in [3.63, 3.8) is 0 Å². The SMILES string of the molecule is CCCNC(N)=NC[C@@H](O)COCc1ccccc1. The molecule has 106 valence electrons. The first-order valence-corrected chi connectivity index (χ1v) is 6.56. The number of benzene rings is 1. The van der Waals surface area contributed by atoms with Gasteiger partial charge in [-0.1, -0.05) is 37.3 Å². The van der Waals surface area contributed by atoms with Crippen LogP contribution in [0.15, 0.2) is 35.3 Å². The first kappa shape index (κ1) is 15.5. The van der Waals surface area contributed by atoms with Gasteiger partial charge in [-0.2, -0.15) is 0 Å². The Morgan fingerprint density at radius 2 is 2.16 bits per heavy atom. The summed E-state index contributed by atoms with van der Waals surface area (Å²) in [6.07, 6.45) is 0.351. The molecule has 0 amide bonds. The summed E-state index contributed by atoms with van der Waals surface area (Å²) in [7, 11) is 0. The quantitative estimate of drug-likeness (QED) is 0.481. The van der Waals surface area contributed by atoms with E-state index in [0.29, 0.717) is 12.6 Å². The van der Waals surface area contributed by atoms with Gasteiger partial charge in [-0.15, -0.1) is 0 Å². The van der Waals surface area contributed by atoms with Crippen molar-refractivity contribution in [1.29, 1.82) is 0 Å². The molecule has 0 aliphatic heterocycles. The molecular weight excluding hydrogens is 242 g/mol. The van der Waals surface area contributed by atoms with Gasteiger partial charge in [0.15, 0.2) is 5.96 Å². The Bertz CT molecular complexity index is 368. The topological polar surface area (TPSA) is 79.9 Å². The molecule has 0 spiro atoms. The van der Waals surface area contributed by atoms with Crippen LogP contribution >= 0.6 is 0 Å². The van der Waals surface area contributed by atoms with Crippen molar-refractivity contribution in [3.8, 4) is 0 Å². The maximum atomic E-state index is 9.69. The molecule has 0 radical (unpaired) electrons. The summed E-state index contributed by atoms with van der Waals surface area (Å²) < 4.78 is 5.41. The maximum Gasteiger partial charge on any atom is 0.188 e. The molecule has 0 fully saturated rings. The van der Waals surface area contributed by atoms with Crippen LogP contribution in [0, 0.1) is 0 Å². The zero-order valence-corrected chi connectivity index (χ0v) is 11.4. The van der Waals surface area contributed by atoms with E-state index in [1.165, 1.54) is 0 Å². The molecule has 0 bridgehead atoms. The van der Waals surface area contributed by atoms with Crippen LogP contribution in [0.3, 0.4) is 0 Å². The minimum absolute atomic E-state index is 0.247. The second-order valence-electron chi connectivity index (χ2n) is 4.31. The Balaban J connectivity index is 2.15. The van der Waals surface area contributed by atoms with E-state index >= 15 is 0 Å². The lowest BCUT2D eigenvalue weighted by atomic mass is 10.2. The van der Waals surface area contributed by atoms with Crippen molar-refractivity contribution in [1.82, 2.24) is 5.32 Å². The lowest BCUT2D eigenvalue weighted by Crippen LogP contribution is -2.33. The molecule has 4 N–H and O–H groups in total. The Morgan fingerprint density at radius 3 is 2.84 bits per heavy atom. The third kappa shape index (κ3) is 7.43. The van der Waals surface area contributed by atoms with Crippen molar-refractivity contribution in [3.05, 3.63) is 35.9 Å². The summed E-state index contributed by atoms with van der Waals surface area (Å²) in [5.74, 6) is 0.365. The molecule has 0 aliphatic carbocycles. The van der Waals surface area contributed by atoms with Gasteiger partial charge in [-0.3, -0.25) is 4.99 Å². The van der Waals surface area contributed by atoms with Crippen LogP contribution in [0.1, 0.15) is 18.9 Å². The molecule has 19 heavy (non-hydrogen) atoms. The molecule has 1 atom stereocenters. The highest BCUT2D eigenvalue weighted by Gasteiger charge is 2.03. The first-order valence-electron chi connectivity index (χ1n) is 6.56. The van der Waals surface area contributed by atoms with Crippen molar-refractivity contribution in [2.24, 2.45) is 10.7 Å². The predicted octanol–water partition coefficient (Wildman–Crippen LogP) is 0.878. The molecule has 0 aliphatic rings. The fourth-order valence-corrected chi connectivity index (χ4v) is 1.45. The van der Waals surface area contributed by atoms with Crippen LogP contribution in [0.4, 0.5) is 0 Å². The number of nitrogens with one attached hydrogen (secondary N) is 1. The van der Waals surface area contributed by atoms with Crippen LogP contribution in [0.25, 0.3) is 0 Å². The molecular formula is C14H23N3O2. The van der Waals surface area contributed by atoms with E-state index in [4.69, 9.17) is 10.5 Å². The molecule has 1 rings (SSSR count). The summed E-state index contributed by atoms with van der Waals surface area (Å²) in [4.78, 5) is 4.04. The van der Waals surface area contributed by atoms with Gasteiger partial charge in [-0.05, 0) is 12.0 Å². The normalized spacial score (nSPS) is 13.3. The van der Waals surface area contributed by atoms with E-state index in [-0.39, 0.29) is 13.2 Å². The fraction of sp³-hybridized carbons (Fsp3) is 0.500. The van der Waals surface area contributed by atoms with E-state index in [2.05, 4.69) is 10.3 Å². The van der Waals surface area contributed by atoms with Gasteiger partial charge in [0, 0.05) is 6.54 Å². The van der Waals surface area contributed by atoms with Crippen LogP contribution in [0.2, 0.25) is 0 Å². The minimum atomic E-state index is -0.634.